The van der Waals surface area contributed by atoms with Gasteiger partial charge in [-0.3, -0.25) is 4.79 Å². The van der Waals surface area contributed by atoms with E-state index in [0.717, 1.165) is 55.4 Å². The molecule has 1 aromatic heterocycles. The maximum Gasteiger partial charge on any atom is 0.219 e. The monoisotopic (exact) mass is 289 g/mol. The summed E-state index contributed by atoms with van der Waals surface area (Å²) in [6, 6.07) is 0. The first kappa shape index (κ1) is 14.3. The molecule has 1 saturated heterocycles. The third-order valence-corrected chi connectivity index (χ3v) is 4.42. The van der Waals surface area contributed by atoms with Crippen molar-refractivity contribution in [3.8, 4) is 0 Å². The molecule has 6 heteroatoms. The van der Waals surface area contributed by atoms with E-state index in [0.29, 0.717) is 12.5 Å². The minimum Gasteiger partial charge on any atom is -0.373 e. The number of piperidine rings is 1. The van der Waals surface area contributed by atoms with Gasteiger partial charge in [0, 0.05) is 45.0 Å². The highest BCUT2D eigenvalue weighted by molar-refractivity contribution is 5.74. The van der Waals surface area contributed by atoms with Gasteiger partial charge in [-0.15, -0.1) is 0 Å². The van der Waals surface area contributed by atoms with Gasteiger partial charge in [-0.05, 0) is 19.4 Å². The third kappa shape index (κ3) is 2.85. The van der Waals surface area contributed by atoms with Crippen LogP contribution in [0, 0.1) is 0 Å². The molecule has 21 heavy (non-hydrogen) atoms. The molecule has 0 saturated carbocycles. The number of carbonyl (C=O) groups is 1. The van der Waals surface area contributed by atoms with Gasteiger partial charge in [0.15, 0.2) is 0 Å². The van der Waals surface area contributed by atoms with Crippen molar-refractivity contribution in [1.82, 2.24) is 20.2 Å². The van der Waals surface area contributed by atoms with E-state index >= 15 is 0 Å². The van der Waals surface area contributed by atoms with Gasteiger partial charge < -0.3 is 15.5 Å². The molecule has 0 spiro atoms. The van der Waals surface area contributed by atoms with Gasteiger partial charge in [-0.2, -0.15) is 0 Å². The Labute approximate surface area is 125 Å². The highest BCUT2D eigenvalue weighted by Gasteiger charge is 2.26. The number of rotatable bonds is 2. The second kappa shape index (κ2) is 5.97. The molecule has 1 fully saturated rings. The number of aromatic nitrogens is 2. The zero-order valence-corrected chi connectivity index (χ0v) is 12.8. The van der Waals surface area contributed by atoms with Gasteiger partial charge in [0.25, 0.3) is 0 Å². The van der Waals surface area contributed by atoms with E-state index in [9.17, 15) is 4.79 Å². The molecule has 114 valence electrons. The molecule has 0 aliphatic carbocycles. The summed E-state index contributed by atoms with van der Waals surface area (Å²) in [7, 11) is 1.89. The summed E-state index contributed by atoms with van der Waals surface area (Å²) in [5, 5.41) is 6.60. The van der Waals surface area contributed by atoms with E-state index < -0.39 is 0 Å². The lowest BCUT2D eigenvalue weighted by molar-refractivity contribution is -0.129. The summed E-state index contributed by atoms with van der Waals surface area (Å²) in [4.78, 5) is 23.0. The van der Waals surface area contributed by atoms with Crippen molar-refractivity contribution < 1.29 is 4.79 Å². The summed E-state index contributed by atoms with van der Waals surface area (Å²) in [6.07, 6.45) is 3.14. The summed E-state index contributed by atoms with van der Waals surface area (Å²) in [6.45, 7) is 5.04. The molecule has 3 heterocycles. The summed E-state index contributed by atoms with van der Waals surface area (Å²) in [5.41, 5.74) is 2.18. The number of nitrogens with zero attached hydrogens (tertiary/aromatic N) is 3. The molecule has 2 aliphatic rings. The number of anilines is 1. The first-order valence-corrected chi connectivity index (χ1v) is 7.72. The largest absolute Gasteiger partial charge is 0.373 e. The lowest BCUT2D eigenvalue weighted by Gasteiger charge is -2.30. The van der Waals surface area contributed by atoms with E-state index in [2.05, 4.69) is 10.6 Å². The summed E-state index contributed by atoms with van der Waals surface area (Å²) >= 11 is 0. The molecule has 2 N–H and O–H groups in total. The molecule has 1 amide bonds. The number of fused-ring (bicyclic) bond motifs is 1. The Morgan fingerprint density at radius 1 is 1.43 bits per heavy atom. The molecule has 1 atom stereocenters. The number of amides is 1. The molecule has 2 aliphatic heterocycles. The standard InChI is InChI=1S/C15H23N5O/c1-10(21)20-7-5-13-12(9-20)15(16-2)19-14(18-13)11-4-3-6-17-8-11/h11,17H,3-9H2,1-2H3,(H,16,18,19)/t11-/m0/s1. The molecular formula is C15H23N5O. The van der Waals surface area contributed by atoms with E-state index in [4.69, 9.17) is 9.97 Å². The topological polar surface area (TPSA) is 70.2 Å². The van der Waals surface area contributed by atoms with E-state index in [1.165, 1.54) is 6.42 Å². The van der Waals surface area contributed by atoms with E-state index in [1.54, 1.807) is 6.92 Å². The van der Waals surface area contributed by atoms with Crippen LogP contribution in [-0.2, 0) is 17.8 Å². The molecule has 0 aromatic carbocycles. The number of hydrogen-bond acceptors (Lipinski definition) is 5. The second-order valence-corrected chi connectivity index (χ2v) is 5.84. The van der Waals surface area contributed by atoms with Crippen molar-refractivity contribution in [3.05, 3.63) is 17.1 Å². The van der Waals surface area contributed by atoms with Crippen LogP contribution in [0.5, 0.6) is 0 Å². The molecular weight excluding hydrogens is 266 g/mol. The van der Waals surface area contributed by atoms with Crippen molar-refractivity contribution in [1.29, 1.82) is 0 Å². The Hall–Kier alpha value is -1.69. The Morgan fingerprint density at radius 2 is 2.29 bits per heavy atom. The summed E-state index contributed by atoms with van der Waals surface area (Å²) in [5.74, 6) is 2.35. The van der Waals surface area contributed by atoms with Crippen LogP contribution in [0.15, 0.2) is 0 Å². The molecule has 6 nitrogen and oxygen atoms in total. The quantitative estimate of drug-likeness (QED) is 0.846. The minimum absolute atomic E-state index is 0.114. The second-order valence-electron chi connectivity index (χ2n) is 5.84. The van der Waals surface area contributed by atoms with Gasteiger partial charge in [-0.1, -0.05) is 0 Å². The Kier molecular flexibility index (Phi) is 4.05. The van der Waals surface area contributed by atoms with Crippen LogP contribution < -0.4 is 10.6 Å². The Balaban J connectivity index is 1.91. The van der Waals surface area contributed by atoms with Crippen molar-refractivity contribution in [2.45, 2.75) is 38.6 Å². The van der Waals surface area contributed by atoms with Crippen molar-refractivity contribution >= 4 is 11.7 Å². The molecule has 3 rings (SSSR count). The molecule has 0 bridgehead atoms. The van der Waals surface area contributed by atoms with Crippen LogP contribution in [0.1, 0.15) is 42.8 Å². The Morgan fingerprint density at radius 3 is 2.95 bits per heavy atom. The number of hydrogen-bond donors (Lipinski definition) is 2. The maximum atomic E-state index is 11.6. The SMILES string of the molecule is CNc1nc([C@H]2CCCNC2)nc2c1CN(C(C)=O)CC2. The normalized spacial score (nSPS) is 21.8. The molecule has 0 radical (unpaired) electrons. The van der Waals surface area contributed by atoms with Gasteiger partial charge in [0.1, 0.15) is 11.6 Å². The average Bonchev–Trinajstić information content (AvgIpc) is 2.54. The summed E-state index contributed by atoms with van der Waals surface area (Å²) < 4.78 is 0. The predicted octanol–water partition coefficient (Wildman–Crippen LogP) is 0.890. The van der Waals surface area contributed by atoms with Crippen LogP contribution in [0.2, 0.25) is 0 Å². The Bertz CT molecular complexity index is 522. The lowest BCUT2D eigenvalue weighted by Crippen LogP contribution is -2.36. The minimum atomic E-state index is 0.114. The van der Waals surface area contributed by atoms with Crippen LogP contribution in [0.3, 0.4) is 0 Å². The maximum absolute atomic E-state index is 11.6. The zero-order valence-electron chi connectivity index (χ0n) is 12.8. The fourth-order valence-corrected chi connectivity index (χ4v) is 3.16. The fourth-order valence-electron chi connectivity index (χ4n) is 3.16. The van der Waals surface area contributed by atoms with Gasteiger partial charge in [-0.25, -0.2) is 9.97 Å². The zero-order chi connectivity index (χ0) is 14.8. The first-order valence-electron chi connectivity index (χ1n) is 7.72. The van der Waals surface area contributed by atoms with Crippen molar-refractivity contribution in [2.24, 2.45) is 0 Å². The van der Waals surface area contributed by atoms with Gasteiger partial charge in [0.2, 0.25) is 5.91 Å². The van der Waals surface area contributed by atoms with Crippen LogP contribution in [0.4, 0.5) is 5.82 Å². The van der Waals surface area contributed by atoms with Crippen LogP contribution in [0.25, 0.3) is 0 Å². The van der Waals surface area contributed by atoms with Gasteiger partial charge in [0.05, 0.1) is 12.2 Å². The average molecular weight is 289 g/mol. The van der Waals surface area contributed by atoms with Gasteiger partial charge >= 0.3 is 0 Å². The van der Waals surface area contributed by atoms with Crippen LogP contribution >= 0.6 is 0 Å². The highest BCUT2D eigenvalue weighted by Crippen LogP contribution is 2.28. The lowest BCUT2D eigenvalue weighted by atomic mass is 9.97. The smallest absolute Gasteiger partial charge is 0.219 e. The van der Waals surface area contributed by atoms with Crippen LogP contribution in [-0.4, -0.2) is 47.5 Å². The molecule has 0 unspecified atom stereocenters. The fraction of sp³-hybridized carbons (Fsp3) is 0.667. The first-order chi connectivity index (χ1) is 10.2. The van der Waals surface area contributed by atoms with E-state index in [1.807, 2.05) is 11.9 Å². The predicted molar refractivity (Wildman–Crippen MR) is 81.2 cm³/mol. The van der Waals surface area contributed by atoms with E-state index in [-0.39, 0.29) is 5.91 Å². The van der Waals surface area contributed by atoms with Crippen molar-refractivity contribution in [2.75, 3.05) is 32.0 Å². The molecule has 1 aromatic rings. The number of nitrogens with one attached hydrogen (secondary N) is 2. The van der Waals surface area contributed by atoms with Crippen molar-refractivity contribution in [3.63, 3.8) is 0 Å². The number of carbonyl (C=O) groups excluding carboxylic acids is 1. The third-order valence-electron chi connectivity index (χ3n) is 4.42. The highest BCUT2D eigenvalue weighted by atomic mass is 16.2.